The quantitative estimate of drug-likeness (QED) is 0.795. The van der Waals surface area contributed by atoms with Crippen LogP contribution in [0.4, 0.5) is 5.69 Å². The second-order valence-corrected chi connectivity index (χ2v) is 3.86. The van der Waals surface area contributed by atoms with Gasteiger partial charge in [0.25, 0.3) is 0 Å². The van der Waals surface area contributed by atoms with Gasteiger partial charge in [-0.25, -0.2) is 0 Å². The topological polar surface area (TPSA) is 34.1 Å². The Morgan fingerprint density at radius 2 is 2.21 bits per heavy atom. The molecule has 1 N–H and O–H groups in total. The van der Waals surface area contributed by atoms with Crippen LogP contribution in [-0.4, -0.2) is 24.2 Å². The van der Waals surface area contributed by atoms with Crippen LogP contribution >= 0.6 is 0 Å². The number of ether oxygens (including phenoxy) is 1. The number of rotatable bonds is 3. The number of pyridine rings is 1. The minimum atomic E-state index is 0.450. The summed E-state index contributed by atoms with van der Waals surface area (Å²) in [5, 5.41) is 3.43. The number of nitrogens with one attached hydrogen (secondary N) is 1. The van der Waals surface area contributed by atoms with Gasteiger partial charge in [-0.15, -0.1) is 0 Å². The highest BCUT2D eigenvalue weighted by Gasteiger charge is 2.28. The summed E-state index contributed by atoms with van der Waals surface area (Å²) in [5.41, 5.74) is 2.16. The smallest absolute Gasteiger partial charge is 0.0610 e. The van der Waals surface area contributed by atoms with Crippen LogP contribution in [0.1, 0.15) is 18.5 Å². The summed E-state index contributed by atoms with van der Waals surface area (Å²) in [7, 11) is 1.77. The Labute approximate surface area is 84.5 Å². The predicted octanol–water partition coefficient (Wildman–Crippen LogP) is 1.98. The molecule has 1 heterocycles. The molecule has 2 rings (SSSR count). The Morgan fingerprint density at radius 3 is 2.79 bits per heavy atom. The molecular formula is C11H16N2O. The molecule has 76 valence electrons. The summed E-state index contributed by atoms with van der Waals surface area (Å²) >= 11 is 0. The van der Waals surface area contributed by atoms with Gasteiger partial charge in [-0.05, 0) is 31.9 Å². The zero-order valence-corrected chi connectivity index (χ0v) is 8.66. The Bertz CT molecular complexity index is 291. The third kappa shape index (κ3) is 2.04. The summed E-state index contributed by atoms with van der Waals surface area (Å²) < 4.78 is 5.22. The number of hydrogen-bond donors (Lipinski definition) is 1. The van der Waals surface area contributed by atoms with E-state index in [9.17, 15) is 0 Å². The molecule has 0 atom stereocenters. The van der Waals surface area contributed by atoms with Gasteiger partial charge < -0.3 is 10.1 Å². The van der Waals surface area contributed by atoms with Crippen LogP contribution in [0.2, 0.25) is 0 Å². The highest BCUT2D eigenvalue weighted by Crippen LogP contribution is 2.25. The van der Waals surface area contributed by atoms with Crippen molar-refractivity contribution in [2.45, 2.75) is 31.9 Å². The summed E-state index contributed by atoms with van der Waals surface area (Å²) in [6.45, 7) is 1.99. The predicted molar refractivity (Wildman–Crippen MR) is 56.4 cm³/mol. The van der Waals surface area contributed by atoms with Crippen LogP contribution in [-0.2, 0) is 4.74 Å². The van der Waals surface area contributed by atoms with E-state index in [4.69, 9.17) is 4.74 Å². The highest BCUT2D eigenvalue weighted by molar-refractivity contribution is 5.42. The maximum absolute atomic E-state index is 5.22. The third-order valence-corrected chi connectivity index (χ3v) is 2.71. The number of aromatic nitrogens is 1. The fourth-order valence-corrected chi connectivity index (χ4v) is 1.66. The fourth-order valence-electron chi connectivity index (χ4n) is 1.66. The van der Waals surface area contributed by atoms with Crippen molar-refractivity contribution in [3.05, 3.63) is 24.0 Å². The number of nitrogens with zero attached hydrogens (tertiary/aromatic N) is 1. The molecule has 1 aromatic rings. The van der Waals surface area contributed by atoms with Crippen LogP contribution in [0.25, 0.3) is 0 Å². The maximum atomic E-state index is 5.22. The molecule has 0 aliphatic heterocycles. The number of methoxy groups -OCH3 is 1. The van der Waals surface area contributed by atoms with Gasteiger partial charge >= 0.3 is 0 Å². The molecule has 1 aromatic heterocycles. The van der Waals surface area contributed by atoms with Gasteiger partial charge in [0, 0.05) is 18.8 Å². The Kier molecular flexibility index (Phi) is 2.68. The first-order valence-electron chi connectivity index (χ1n) is 5.00. The number of hydrogen-bond acceptors (Lipinski definition) is 3. The maximum Gasteiger partial charge on any atom is 0.0610 e. The normalized spacial score (nSPS) is 25.6. The third-order valence-electron chi connectivity index (χ3n) is 2.71. The van der Waals surface area contributed by atoms with Gasteiger partial charge in [0.1, 0.15) is 0 Å². The lowest BCUT2D eigenvalue weighted by atomic mass is 9.89. The molecule has 1 saturated carbocycles. The molecule has 3 nitrogen and oxygen atoms in total. The van der Waals surface area contributed by atoms with Gasteiger partial charge in [-0.2, -0.15) is 0 Å². The summed E-state index contributed by atoms with van der Waals surface area (Å²) in [6.07, 6.45) is 4.54. The fraction of sp³-hybridized carbons (Fsp3) is 0.545. The van der Waals surface area contributed by atoms with Gasteiger partial charge in [0.2, 0.25) is 0 Å². The van der Waals surface area contributed by atoms with Crippen LogP contribution in [0.5, 0.6) is 0 Å². The van der Waals surface area contributed by atoms with Crippen molar-refractivity contribution in [1.29, 1.82) is 0 Å². The van der Waals surface area contributed by atoms with E-state index in [1.807, 2.05) is 19.2 Å². The van der Waals surface area contributed by atoms with E-state index in [2.05, 4.69) is 16.4 Å². The molecule has 3 heteroatoms. The molecule has 14 heavy (non-hydrogen) atoms. The van der Waals surface area contributed by atoms with Gasteiger partial charge in [0.05, 0.1) is 18.0 Å². The number of anilines is 1. The van der Waals surface area contributed by atoms with Crippen molar-refractivity contribution < 1.29 is 4.74 Å². The zero-order chi connectivity index (χ0) is 9.97. The van der Waals surface area contributed by atoms with E-state index in [1.54, 1.807) is 7.11 Å². The van der Waals surface area contributed by atoms with Crippen molar-refractivity contribution in [2.24, 2.45) is 0 Å². The molecule has 1 aliphatic carbocycles. The Balaban J connectivity index is 1.84. The van der Waals surface area contributed by atoms with Crippen molar-refractivity contribution in [2.75, 3.05) is 12.4 Å². The number of aryl methyl sites for hydroxylation is 1. The van der Waals surface area contributed by atoms with Crippen molar-refractivity contribution in [3.8, 4) is 0 Å². The minimum Gasteiger partial charge on any atom is -0.381 e. The average molecular weight is 192 g/mol. The molecule has 0 radical (unpaired) electrons. The lowest BCUT2D eigenvalue weighted by Gasteiger charge is -2.35. The average Bonchev–Trinajstić information content (AvgIpc) is 2.13. The first-order chi connectivity index (χ1) is 6.78. The van der Waals surface area contributed by atoms with E-state index in [-0.39, 0.29) is 0 Å². The van der Waals surface area contributed by atoms with Crippen LogP contribution in [0.15, 0.2) is 18.3 Å². The molecule has 1 fully saturated rings. The molecular weight excluding hydrogens is 176 g/mol. The lowest BCUT2D eigenvalue weighted by molar-refractivity contribution is 0.0328. The van der Waals surface area contributed by atoms with Crippen molar-refractivity contribution in [1.82, 2.24) is 4.98 Å². The molecule has 0 aromatic carbocycles. The van der Waals surface area contributed by atoms with E-state index >= 15 is 0 Å². The first kappa shape index (κ1) is 9.46. The van der Waals surface area contributed by atoms with Crippen LogP contribution < -0.4 is 5.32 Å². The molecule has 0 amide bonds. The molecule has 0 saturated heterocycles. The SMILES string of the molecule is COC1CC(Nc2ccc(C)nc2)C1. The molecule has 0 spiro atoms. The highest BCUT2D eigenvalue weighted by atomic mass is 16.5. The van der Waals surface area contributed by atoms with E-state index in [1.165, 1.54) is 0 Å². The second-order valence-electron chi connectivity index (χ2n) is 3.86. The zero-order valence-electron chi connectivity index (χ0n) is 8.66. The summed E-state index contributed by atoms with van der Waals surface area (Å²) in [5.74, 6) is 0. The summed E-state index contributed by atoms with van der Waals surface area (Å²) in [6, 6.07) is 4.65. The van der Waals surface area contributed by atoms with E-state index in [0.29, 0.717) is 12.1 Å². The van der Waals surface area contributed by atoms with Gasteiger partial charge in [-0.1, -0.05) is 0 Å². The minimum absolute atomic E-state index is 0.450. The Hall–Kier alpha value is -1.09. The van der Waals surface area contributed by atoms with Crippen molar-refractivity contribution in [3.63, 3.8) is 0 Å². The van der Waals surface area contributed by atoms with Gasteiger partial charge in [0.15, 0.2) is 0 Å². The second kappa shape index (κ2) is 3.96. The van der Waals surface area contributed by atoms with E-state index < -0.39 is 0 Å². The largest absolute Gasteiger partial charge is 0.381 e. The molecule has 1 aliphatic rings. The van der Waals surface area contributed by atoms with Crippen LogP contribution in [0, 0.1) is 6.92 Å². The standard InChI is InChI=1S/C11H16N2O/c1-8-3-4-9(7-12-8)13-10-5-11(6-10)14-2/h3-4,7,10-11,13H,5-6H2,1-2H3. The van der Waals surface area contributed by atoms with E-state index in [0.717, 1.165) is 24.2 Å². The Morgan fingerprint density at radius 1 is 1.43 bits per heavy atom. The molecule has 0 unspecified atom stereocenters. The lowest BCUT2D eigenvalue weighted by Crippen LogP contribution is -2.40. The monoisotopic (exact) mass is 192 g/mol. The first-order valence-corrected chi connectivity index (χ1v) is 5.00. The van der Waals surface area contributed by atoms with Gasteiger partial charge in [-0.3, -0.25) is 4.98 Å². The molecule has 0 bridgehead atoms. The summed E-state index contributed by atoms with van der Waals surface area (Å²) in [4.78, 5) is 4.24. The van der Waals surface area contributed by atoms with Crippen molar-refractivity contribution >= 4 is 5.69 Å². The van der Waals surface area contributed by atoms with Crippen LogP contribution in [0.3, 0.4) is 0 Å².